The van der Waals surface area contributed by atoms with Crippen molar-refractivity contribution in [3.8, 4) is 0 Å². The summed E-state index contributed by atoms with van der Waals surface area (Å²) in [5.41, 5.74) is 1.33. The zero-order chi connectivity index (χ0) is 11.4. The Hall–Kier alpha value is -0.600. The molecule has 0 aromatic heterocycles. The molecule has 0 aliphatic carbocycles. The molecule has 0 spiro atoms. The molecule has 0 amide bonds. The zero-order valence-corrected chi connectivity index (χ0v) is 9.81. The molecule has 0 heterocycles. The number of aliphatic hydroxyl groups excluding tert-OH is 1. The Bertz CT molecular complexity index is 335. The molecular weight excluding hydrogens is 215 g/mol. The van der Waals surface area contributed by atoms with Crippen LogP contribution in [-0.2, 0) is 6.42 Å². The quantitative estimate of drug-likeness (QED) is 0.841. The van der Waals surface area contributed by atoms with Crippen molar-refractivity contribution in [2.75, 3.05) is 6.61 Å². The van der Waals surface area contributed by atoms with Crippen LogP contribution in [0.2, 0.25) is 5.02 Å². The molecule has 0 bridgehead atoms. The molecule has 0 radical (unpaired) electrons. The van der Waals surface area contributed by atoms with Crippen LogP contribution >= 0.6 is 11.6 Å². The fourth-order valence-corrected chi connectivity index (χ4v) is 1.79. The van der Waals surface area contributed by atoms with E-state index in [-0.39, 0.29) is 18.3 Å². The highest BCUT2D eigenvalue weighted by molar-refractivity contribution is 6.31. The van der Waals surface area contributed by atoms with Crippen molar-refractivity contribution < 1.29 is 9.50 Å². The van der Waals surface area contributed by atoms with E-state index in [0.717, 1.165) is 12.0 Å². The van der Waals surface area contributed by atoms with Gasteiger partial charge in [-0.15, -0.1) is 0 Å². The maximum Gasteiger partial charge on any atom is 0.126 e. The summed E-state index contributed by atoms with van der Waals surface area (Å²) >= 11 is 6.01. The van der Waals surface area contributed by atoms with Crippen molar-refractivity contribution >= 4 is 11.6 Å². The van der Waals surface area contributed by atoms with E-state index in [4.69, 9.17) is 16.7 Å². The van der Waals surface area contributed by atoms with E-state index in [1.807, 2.05) is 6.92 Å². The largest absolute Gasteiger partial charge is 0.396 e. The molecule has 1 rings (SSSR count). The maximum absolute atomic E-state index is 13.3. The van der Waals surface area contributed by atoms with Gasteiger partial charge in [-0.05, 0) is 42.5 Å². The Morgan fingerprint density at radius 3 is 2.67 bits per heavy atom. The SMILES string of the molecule is CCC(CO)Cc1cc(F)c(C)cc1Cl. The van der Waals surface area contributed by atoms with Crippen LogP contribution in [0.15, 0.2) is 12.1 Å². The van der Waals surface area contributed by atoms with Crippen LogP contribution in [0.25, 0.3) is 0 Å². The summed E-state index contributed by atoms with van der Waals surface area (Å²) < 4.78 is 13.3. The molecule has 3 heteroatoms. The first kappa shape index (κ1) is 12.5. The Morgan fingerprint density at radius 1 is 1.47 bits per heavy atom. The average Bonchev–Trinajstić information content (AvgIpc) is 2.21. The summed E-state index contributed by atoms with van der Waals surface area (Å²) in [6.07, 6.45) is 1.49. The highest BCUT2D eigenvalue weighted by Gasteiger charge is 2.11. The first-order valence-electron chi connectivity index (χ1n) is 5.13. The third-order valence-electron chi connectivity index (χ3n) is 2.67. The van der Waals surface area contributed by atoms with Crippen molar-refractivity contribution in [2.24, 2.45) is 5.92 Å². The summed E-state index contributed by atoms with van der Waals surface area (Å²) in [6, 6.07) is 3.10. The lowest BCUT2D eigenvalue weighted by Gasteiger charge is -2.13. The average molecular weight is 231 g/mol. The van der Waals surface area contributed by atoms with Gasteiger partial charge in [0.05, 0.1) is 0 Å². The first-order valence-corrected chi connectivity index (χ1v) is 5.51. The number of aliphatic hydroxyl groups is 1. The molecular formula is C12H16ClFO. The van der Waals surface area contributed by atoms with Gasteiger partial charge in [-0.2, -0.15) is 0 Å². The molecule has 0 saturated heterocycles. The van der Waals surface area contributed by atoms with Gasteiger partial charge in [0, 0.05) is 11.6 Å². The van der Waals surface area contributed by atoms with Crippen LogP contribution < -0.4 is 0 Å². The summed E-state index contributed by atoms with van der Waals surface area (Å²) in [4.78, 5) is 0. The lowest BCUT2D eigenvalue weighted by atomic mass is 9.97. The highest BCUT2D eigenvalue weighted by Crippen LogP contribution is 2.23. The molecule has 0 aliphatic heterocycles. The maximum atomic E-state index is 13.3. The van der Waals surface area contributed by atoms with Crippen LogP contribution in [0.5, 0.6) is 0 Å². The van der Waals surface area contributed by atoms with Crippen molar-refractivity contribution in [3.63, 3.8) is 0 Å². The van der Waals surface area contributed by atoms with Crippen LogP contribution in [0.1, 0.15) is 24.5 Å². The van der Waals surface area contributed by atoms with Crippen molar-refractivity contribution in [1.29, 1.82) is 0 Å². The second-order valence-corrected chi connectivity index (χ2v) is 4.26. The van der Waals surface area contributed by atoms with Gasteiger partial charge in [-0.3, -0.25) is 0 Å². The van der Waals surface area contributed by atoms with Gasteiger partial charge in [0.15, 0.2) is 0 Å². The molecule has 0 aliphatic rings. The van der Waals surface area contributed by atoms with E-state index in [9.17, 15) is 4.39 Å². The lowest BCUT2D eigenvalue weighted by Crippen LogP contribution is -2.09. The molecule has 1 aromatic carbocycles. The van der Waals surface area contributed by atoms with E-state index in [1.165, 1.54) is 6.07 Å². The van der Waals surface area contributed by atoms with Crippen molar-refractivity contribution in [2.45, 2.75) is 26.7 Å². The van der Waals surface area contributed by atoms with Gasteiger partial charge >= 0.3 is 0 Å². The van der Waals surface area contributed by atoms with E-state index < -0.39 is 0 Å². The lowest BCUT2D eigenvalue weighted by molar-refractivity contribution is 0.222. The third kappa shape index (κ3) is 3.18. The van der Waals surface area contributed by atoms with E-state index in [1.54, 1.807) is 13.0 Å². The topological polar surface area (TPSA) is 20.2 Å². The molecule has 15 heavy (non-hydrogen) atoms. The summed E-state index contributed by atoms with van der Waals surface area (Å²) in [6.45, 7) is 3.80. The number of benzene rings is 1. The van der Waals surface area contributed by atoms with E-state index >= 15 is 0 Å². The highest BCUT2D eigenvalue weighted by atomic mass is 35.5. The van der Waals surface area contributed by atoms with Crippen LogP contribution in [0.4, 0.5) is 4.39 Å². The molecule has 84 valence electrons. The van der Waals surface area contributed by atoms with Gasteiger partial charge in [0.2, 0.25) is 0 Å². The van der Waals surface area contributed by atoms with Gasteiger partial charge in [0.1, 0.15) is 5.82 Å². The Labute approximate surface area is 94.9 Å². The molecule has 0 fully saturated rings. The molecule has 1 atom stereocenters. The summed E-state index contributed by atoms with van der Waals surface area (Å²) in [7, 11) is 0. The fraction of sp³-hybridized carbons (Fsp3) is 0.500. The second-order valence-electron chi connectivity index (χ2n) is 3.85. The number of halogens is 2. The molecule has 0 saturated carbocycles. The minimum absolute atomic E-state index is 0.113. The van der Waals surface area contributed by atoms with Crippen LogP contribution in [0.3, 0.4) is 0 Å². The molecule has 1 nitrogen and oxygen atoms in total. The van der Waals surface area contributed by atoms with Crippen LogP contribution in [0, 0.1) is 18.7 Å². The molecule has 1 N–H and O–H groups in total. The second kappa shape index (κ2) is 5.47. The number of hydrogen-bond acceptors (Lipinski definition) is 1. The minimum Gasteiger partial charge on any atom is -0.396 e. The van der Waals surface area contributed by atoms with E-state index in [0.29, 0.717) is 17.0 Å². The van der Waals surface area contributed by atoms with Gasteiger partial charge in [-0.25, -0.2) is 4.39 Å². The molecule has 1 unspecified atom stereocenters. The predicted octanol–water partition coefficient (Wildman–Crippen LogP) is 3.35. The van der Waals surface area contributed by atoms with E-state index in [2.05, 4.69) is 0 Å². The Morgan fingerprint density at radius 2 is 2.13 bits per heavy atom. The van der Waals surface area contributed by atoms with Crippen LogP contribution in [-0.4, -0.2) is 11.7 Å². The van der Waals surface area contributed by atoms with Gasteiger partial charge in [0.25, 0.3) is 0 Å². The van der Waals surface area contributed by atoms with Crippen molar-refractivity contribution in [1.82, 2.24) is 0 Å². The minimum atomic E-state index is -0.234. The standard InChI is InChI=1S/C12H16ClFO/c1-3-9(7-15)5-10-6-12(14)8(2)4-11(10)13/h4,6,9,15H,3,5,7H2,1-2H3. The Balaban J connectivity index is 2.89. The Kier molecular flexibility index (Phi) is 4.55. The smallest absolute Gasteiger partial charge is 0.126 e. The normalized spacial score (nSPS) is 12.9. The fourth-order valence-electron chi connectivity index (χ4n) is 1.49. The monoisotopic (exact) mass is 230 g/mol. The van der Waals surface area contributed by atoms with Gasteiger partial charge < -0.3 is 5.11 Å². The number of rotatable bonds is 4. The summed E-state index contributed by atoms with van der Waals surface area (Å²) in [5.74, 6) is -0.0770. The van der Waals surface area contributed by atoms with Gasteiger partial charge in [-0.1, -0.05) is 24.9 Å². The predicted molar refractivity (Wildman–Crippen MR) is 60.7 cm³/mol. The van der Waals surface area contributed by atoms with Crippen molar-refractivity contribution in [3.05, 3.63) is 34.1 Å². The first-order chi connectivity index (χ1) is 7.08. The number of hydrogen-bond donors (Lipinski definition) is 1. The third-order valence-corrected chi connectivity index (χ3v) is 3.02. The molecule has 1 aromatic rings. The zero-order valence-electron chi connectivity index (χ0n) is 9.06. The number of aryl methyl sites for hydroxylation is 1. The summed E-state index contributed by atoms with van der Waals surface area (Å²) in [5, 5.41) is 9.65.